The zero-order valence-electron chi connectivity index (χ0n) is 9.79. The number of ether oxygens (including phenoxy) is 2. The van der Waals surface area contributed by atoms with Crippen LogP contribution in [0.2, 0.25) is 0 Å². The van der Waals surface area contributed by atoms with Crippen LogP contribution in [-0.2, 0) is 16.6 Å². The van der Waals surface area contributed by atoms with Crippen LogP contribution in [0.25, 0.3) is 0 Å². The lowest BCUT2D eigenvalue weighted by atomic mass is 10.2. The van der Waals surface area contributed by atoms with Crippen LogP contribution >= 0.6 is 0 Å². The van der Waals surface area contributed by atoms with Crippen molar-refractivity contribution >= 4 is 10.0 Å². The molecule has 100 valence electrons. The number of H-pyrrole nitrogens is 1. The minimum atomic E-state index is -3.57. The molecule has 0 atom stereocenters. The molecule has 0 fully saturated rings. The predicted octanol–water partition coefficient (Wildman–Crippen LogP) is 0.617. The Morgan fingerprint density at radius 3 is 2.89 bits per heavy atom. The van der Waals surface area contributed by atoms with Gasteiger partial charge >= 0.3 is 0 Å². The normalized spacial score (nSPS) is 13.7. The lowest BCUT2D eigenvalue weighted by Crippen LogP contribution is -2.23. The standard InChI is InChI=1S/C11H11N3O4S/c15-19(16,11-3-4-12-14-11)13-6-8-1-2-9-10(5-8)18-7-17-9/h1-5,13H,6-7H2,(H,12,14). The zero-order chi connectivity index (χ0) is 13.3. The Bertz CT molecular complexity index is 682. The van der Waals surface area contributed by atoms with Gasteiger partial charge in [0.2, 0.25) is 6.79 Å². The number of sulfonamides is 1. The second-order valence-electron chi connectivity index (χ2n) is 3.93. The van der Waals surface area contributed by atoms with Crippen molar-refractivity contribution in [3.63, 3.8) is 0 Å². The van der Waals surface area contributed by atoms with Gasteiger partial charge in [0.05, 0.1) is 6.20 Å². The van der Waals surface area contributed by atoms with Crippen molar-refractivity contribution < 1.29 is 17.9 Å². The summed E-state index contributed by atoms with van der Waals surface area (Å²) in [5.74, 6) is 1.29. The molecule has 0 aliphatic carbocycles. The first-order valence-electron chi connectivity index (χ1n) is 5.53. The monoisotopic (exact) mass is 281 g/mol. The first-order chi connectivity index (χ1) is 9.15. The molecule has 0 saturated carbocycles. The van der Waals surface area contributed by atoms with E-state index in [0.717, 1.165) is 5.56 Å². The van der Waals surface area contributed by atoms with Crippen LogP contribution in [0.5, 0.6) is 11.5 Å². The third-order valence-corrected chi connectivity index (χ3v) is 4.00. The lowest BCUT2D eigenvalue weighted by molar-refractivity contribution is 0.174. The molecule has 2 heterocycles. The van der Waals surface area contributed by atoms with E-state index in [4.69, 9.17) is 9.47 Å². The van der Waals surface area contributed by atoms with Crippen LogP contribution in [0.15, 0.2) is 35.5 Å². The Morgan fingerprint density at radius 1 is 1.26 bits per heavy atom. The van der Waals surface area contributed by atoms with Crippen LogP contribution in [0.1, 0.15) is 5.56 Å². The molecule has 7 nitrogen and oxygen atoms in total. The highest BCUT2D eigenvalue weighted by molar-refractivity contribution is 7.89. The molecular weight excluding hydrogens is 270 g/mol. The summed E-state index contributed by atoms with van der Waals surface area (Å²) in [5.41, 5.74) is 0.785. The zero-order valence-corrected chi connectivity index (χ0v) is 10.6. The van der Waals surface area contributed by atoms with Crippen molar-refractivity contribution in [3.05, 3.63) is 36.0 Å². The molecule has 0 amide bonds. The Kier molecular flexibility index (Phi) is 2.88. The molecule has 19 heavy (non-hydrogen) atoms. The quantitative estimate of drug-likeness (QED) is 0.856. The van der Waals surface area contributed by atoms with Crippen LogP contribution in [-0.4, -0.2) is 25.4 Å². The van der Waals surface area contributed by atoms with Gasteiger partial charge in [0.25, 0.3) is 10.0 Å². The molecule has 8 heteroatoms. The molecule has 0 spiro atoms. The van der Waals surface area contributed by atoms with Gasteiger partial charge in [-0.05, 0) is 23.8 Å². The third-order valence-electron chi connectivity index (χ3n) is 2.67. The van der Waals surface area contributed by atoms with Crippen molar-refractivity contribution in [2.45, 2.75) is 11.6 Å². The van der Waals surface area contributed by atoms with Gasteiger partial charge in [0.1, 0.15) is 0 Å². The van der Waals surface area contributed by atoms with Crippen LogP contribution in [0.4, 0.5) is 0 Å². The van der Waals surface area contributed by atoms with Gasteiger partial charge in [-0.3, -0.25) is 5.10 Å². The van der Waals surface area contributed by atoms with E-state index in [2.05, 4.69) is 14.9 Å². The van der Waals surface area contributed by atoms with Crippen LogP contribution in [0.3, 0.4) is 0 Å². The number of fused-ring (bicyclic) bond motifs is 1. The summed E-state index contributed by atoms with van der Waals surface area (Å²) in [6, 6.07) is 6.67. The Hall–Kier alpha value is -2.06. The summed E-state index contributed by atoms with van der Waals surface area (Å²) in [5, 5.41) is 6.06. The highest BCUT2D eigenvalue weighted by atomic mass is 32.2. The summed E-state index contributed by atoms with van der Waals surface area (Å²) in [6.07, 6.45) is 1.38. The summed E-state index contributed by atoms with van der Waals surface area (Å²) in [7, 11) is -3.57. The Labute approximate surface area is 109 Å². The number of hydrogen-bond donors (Lipinski definition) is 2. The largest absolute Gasteiger partial charge is 0.454 e. The molecule has 0 radical (unpaired) electrons. The lowest BCUT2D eigenvalue weighted by Gasteiger charge is -2.05. The SMILES string of the molecule is O=S(=O)(NCc1ccc2c(c1)OCO2)c1ccn[nH]1. The first-order valence-corrected chi connectivity index (χ1v) is 7.01. The third kappa shape index (κ3) is 2.40. The van der Waals surface area contributed by atoms with E-state index in [9.17, 15) is 8.42 Å². The molecule has 2 N–H and O–H groups in total. The molecule has 1 aliphatic rings. The molecule has 2 aromatic rings. The molecule has 0 bridgehead atoms. The maximum Gasteiger partial charge on any atom is 0.257 e. The van der Waals surface area contributed by atoms with Gasteiger partial charge in [0.15, 0.2) is 16.5 Å². The molecule has 3 rings (SSSR count). The summed E-state index contributed by atoms with van der Waals surface area (Å²) < 4.78 is 36.6. The maximum atomic E-state index is 11.9. The van der Waals surface area contributed by atoms with E-state index in [1.807, 2.05) is 0 Å². The number of rotatable bonds is 4. The second-order valence-corrected chi connectivity index (χ2v) is 5.67. The number of hydrogen-bond acceptors (Lipinski definition) is 5. The number of aromatic amines is 1. The van der Waals surface area contributed by atoms with Gasteiger partial charge in [0, 0.05) is 6.54 Å². The van der Waals surface area contributed by atoms with Crippen molar-refractivity contribution in [2.75, 3.05) is 6.79 Å². The highest BCUT2D eigenvalue weighted by Gasteiger charge is 2.17. The van der Waals surface area contributed by atoms with E-state index >= 15 is 0 Å². The van der Waals surface area contributed by atoms with Gasteiger partial charge in [-0.15, -0.1) is 0 Å². The van der Waals surface area contributed by atoms with Crippen molar-refractivity contribution in [1.82, 2.24) is 14.9 Å². The van der Waals surface area contributed by atoms with Gasteiger partial charge in [-0.2, -0.15) is 5.10 Å². The predicted molar refractivity (Wildman–Crippen MR) is 65.2 cm³/mol. The molecule has 1 aromatic heterocycles. The smallest absolute Gasteiger partial charge is 0.257 e. The maximum absolute atomic E-state index is 11.9. The topological polar surface area (TPSA) is 93.3 Å². The summed E-state index contributed by atoms with van der Waals surface area (Å²) >= 11 is 0. The van der Waals surface area contributed by atoms with E-state index in [1.54, 1.807) is 18.2 Å². The number of benzene rings is 1. The molecular formula is C11H11N3O4S. The molecule has 1 aromatic carbocycles. The Morgan fingerprint density at radius 2 is 2.11 bits per heavy atom. The molecule has 1 aliphatic heterocycles. The van der Waals surface area contributed by atoms with Crippen molar-refractivity contribution in [1.29, 1.82) is 0 Å². The summed E-state index contributed by atoms with van der Waals surface area (Å²) in [4.78, 5) is 0. The van der Waals surface area contributed by atoms with E-state index in [1.165, 1.54) is 12.3 Å². The Balaban J connectivity index is 1.73. The van der Waals surface area contributed by atoms with E-state index in [0.29, 0.717) is 11.5 Å². The van der Waals surface area contributed by atoms with Gasteiger partial charge in [-0.25, -0.2) is 13.1 Å². The fourth-order valence-electron chi connectivity index (χ4n) is 1.70. The fourth-order valence-corrected chi connectivity index (χ4v) is 2.62. The molecule has 0 unspecified atom stereocenters. The van der Waals surface area contributed by atoms with E-state index < -0.39 is 10.0 Å². The highest BCUT2D eigenvalue weighted by Crippen LogP contribution is 2.32. The van der Waals surface area contributed by atoms with Crippen molar-refractivity contribution in [3.8, 4) is 11.5 Å². The average Bonchev–Trinajstić information content (AvgIpc) is 3.07. The second kappa shape index (κ2) is 4.56. The minimum Gasteiger partial charge on any atom is -0.454 e. The number of nitrogens with zero attached hydrogens (tertiary/aromatic N) is 1. The van der Waals surface area contributed by atoms with E-state index in [-0.39, 0.29) is 18.4 Å². The fraction of sp³-hybridized carbons (Fsp3) is 0.182. The average molecular weight is 281 g/mol. The summed E-state index contributed by atoms with van der Waals surface area (Å²) in [6.45, 7) is 0.358. The molecule has 0 saturated heterocycles. The van der Waals surface area contributed by atoms with Crippen LogP contribution < -0.4 is 14.2 Å². The van der Waals surface area contributed by atoms with Gasteiger partial charge < -0.3 is 9.47 Å². The van der Waals surface area contributed by atoms with Crippen LogP contribution in [0, 0.1) is 0 Å². The minimum absolute atomic E-state index is 0.0354. The van der Waals surface area contributed by atoms with Crippen molar-refractivity contribution in [2.24, 2.45) is 0 Å². The first kappa shape index (κ1) is 12.0. The number of nitrogens with one attached hydrogen (secondary N) is 2. The van der Waals surface area contributed by atoms with Gasteiger partial charge in [-0.1, -0.05) is 6.07 Å². The number of aromatic nitrogens is 2.